The highest BCUT2D eigenvalue weighted by Gasteiger charge is 2.56. The number of fused-ring (bicyclic) bond motifs is 11. The number of nitriles is 4. The molecule has 2 saturated carbocycles. The van der Waals surface area contributed by atoms with Crippen LogP contribution >= 0.6 is 34.0 Å². The van der Waals surface area contributed by atoms with Crippen molar-refractivity contribution >= 4 is 45.2 Å². The molecule has 49 heavy (non-hydrogen) atoms. The molecule has 0 bridgehead atoms. The molecule has 0 aliphatic heterocycles. The Morgan fingerprint density at radius 2 is 0.898 bits per heavy atom. The zero-order valence-corrected chi connectivity index (χ0v) is 30.1. The molecule has 242 valence electrons. The lowest BCUT2D eigenvalue weighted by Gasteiger charge is -2.41. The van der Waals surface area contributed by atoms with E-state index < -0.39 is 0 Å². The van der Waals surface area contributed by atoms with Gasteiger partial charge in [0.25, 0.3) is 0 Å². The minimum atomic E-state index is 0.0815. The average molecular weight is 693 g/mol. The van der Waals surface area contributed by atoms with Gasteiger partial charge in [0, 0.05) is 40.1 Å². The Kier molecular flexibility index (Phi) is 7.49. The van der Waals surface area contributed by atoms with E-state index in [1.807, 2.05) is 22.7 Å². The second kappa shape index (κ2) is 11.8. The molecule has 0 unspecified atom stereocenters. The maximum atomic E-state index is 9.58. The standard InChI is InChI=1S/C42H36N4S3/c43-21-29(22-44)25-9-7-11-27(17-25)33-19-31-37(47-33)39-35(41(31)13-3-1-4-14-41)36-40(49-39)38-32(42(36)15-5-2-6-16-42)20-34(48-38)28-12-8-10-26(18-28)30(23-45)24-46/h17-20H,1-16H2. The van der Waals surface area contributed by atoms with Crippen molar-refractivity contribution in [1.29, 1.82) is 21.0 Å². The Morgan fingerprint density at radius 3 is 1.29 bits per heavy atom. The Balaban J connectivity index is 1.22. The first kappa shape index (κ1) is 31.0. The van der Waals surface area contributed by atoms with E-state index in [9.17, 15) is 21.0 Å². The number of thiophene rings is 3. The Bertz CT molecular complexity index is 2050. The van der Waals surface area contributed by atoms with E-state index in [-0.39, 0.29) is 22.0 Å². The van der Waals surface area contributed by atoms with Crippen LogP contribution in [0.15, 0.2) is 46.6 Å². The average Bonchev–Trinajstić information content (AvgIpc) is 3.95. The summed E-state index contributed by atoms with van der Waals surface area (Å²) < 4.78 is 0. The maximum absolute atomic E-state index is 9.58. The molecule has 3 aromatic heterocycles. The van der Waals surface area contributed by atoms with Gasteiger partial charge in [-0.1, -0.05) is 50.7 Å². The molecule has 7 heteroatoms. The van der Waals surface area contributed by atoms with Crippen LogP contribution in [-0.4, -0.2) is 0 Å². The van der Waals surface area contributed by atoms with Crippen LogP contribution in [0.25, 0.3) is 30.7 Å². The van der Waals surface area contributed by atoms with Gasteiger partial charge in [-0.25, -0.2) is 0 Å². The summed E-state index contributed by atoms with van der Waals surface area (Å²) in [5, 5.41) is 38.3. The van der Waals surface area contributed by atoms with Crippen molar-refractivity contribution in [3.63, 3.8) is 0 Å². The minimum absolute atomic E-state index is 0.0815. The summed E-state index contributed by atoms with van der Waals surface area (Å²) in [6.07, 6.45) is 22.5. The molecule has 0 radical (unpaired) electrons. The fraction of sp³-hybridized carbons (Fsp3) is 0.429. The highest BCUT2D eigenvalue weighted by Crippen LogP contribution is 2.71. The van der Waals surface area contributed by atoms with Gasteiger partial charge in [-0.05, 0) is 121 Å². The van der Waals surface area contributed by atoms with Crippen molar-refractivity contribution in [2.45, 2.75) is 114 Å². The highest BCUT2D eigenvalue weighted by atomic mass is 32.1. The van der Waals surface area contributed by atoms with E-state index in [0.29, 0.717) is 0 Å². The second-order valence-corrected chi connectivity index (χ2v) is 17.9. The van der Waals surface area contributed by atoms with Crippen molar-refractivity contribution in [1.82, 2.24) is 0 Å². The molecule has 0 aromatic carbocycles. The molecule has 0 atom stereocenters. The van der Waals surface area contributed by atoms with Gasteiger partial charge in [0.2, 0.25) is 0 Å². The molecule has 2 fully saturated rings. The van der Waals surface area contributed by atoms with Gasteiger partial charge in [0.1, 0.15) is 35.4 Å². The van der Waals surface area contributed by atoms with E-state index in [2.05, 4.69) is 59.9 Å². The highest BCUT2D eigenvalue weighted by molar-refractivity contribution is 7.27. The molecule has 6 aliphatic carbocycles. The first-order valence-electron chi connectivity index (χ1n) is 18.0. The lowest BCUT2D eigenvalue weighted by Crippen LogP contribution is -2.34. The summed E-state index contributed by atoms with van der Waals surface area (Å²) in [6, 6.07) is 13.6. The van der Waals surface area contributed by atoms with Gasteiger partial charge in [0.05, 0.1) is 0 Å². The molecular weight excluding hydrogens is 657 g/mol. The third kappa shape index (κ3) is 4.46. The van der Waals surface area contributed by atoms with E-state index >= 15 is 0 Å². The van der Waals surface area contributed by atoms with Crippen LogP contribution < -0.4 is 0 Å². The summed E-state index contributed by atoms with van der Waals surface area (Å²) >= 11 is 6.00. The molecule has 3 aromatic rings. The molecular formula is C42H36N4S3. The van der Waals surface area contributed by atoms with Gasteiger partial charge >= 0.3 is 0 Å². The molecule has 3 heterocycles. The smallest absolute Gasteiger partial charge is 0.132 e. The largest absolute Gasteiger partial charge is 0.192 e. The van der Waals surface area contributed by atoms with Crippen molar-refractivity contribution in [3.8, 4) is 43.8 Å². The number of allylic oxidation sites excluding steroid dienone is 8. The fourth-order valence-corrected chi connectivity index (χ4v) is 14.6. The molecule has 6 aliphatic rings. The van der Waals surface area contributed by atoms with Gasteiger partial charge in [0.15, 0.2) is 0 Å². The Labute approximate surface area is 300 Å². The van der Waals surface area contributed by atoms with E-state index in [0.717, 1.165) is 49.7 Å². The quantitative estimate of drug-likeness (QED) is 0.250. The van der Waals surface area contributed by atoms with Crippen LogP contribution in [0, 0.1) is 45.3 Å². The van der Waals surface area contributed by atoms with E-state index in [1.165, 1.54) is 105 Å². The van der Waals surface area contributed by atoms with Gasteiger partial charge in [-0.15, -0.1) is 34.0 Å². The Morgan fingerprint density at radius 1 is 0.490 bits per heavy atom. The van der Waals surface area contributed by atoms with Gasteiger partial charge in [-0.3, -0.25) is 0 Å². The first-order chi connectivity index (χ1) is 24.0. The number of nitrogens with zero attached hydrogens (tertiary/aromatic N) is 4. The van der Waals surface area contributed by atoms with Crippen molar-refractivity contribution in [3.05, 3.63) is 78.6 Å². The predicted molar refractivity (Wildman–Crippen MR) is 199 cm³/mol. The first-order valence-corrected chi connectivity index (χ1v) is 20.5. The van der Waals surface area contributed by atoms with Crippen LogP contribution in [0.4, 0.5) is 0 Å². The predicted octanol–water partition coefficient (Wildman–Crippen LogP) is 12.2. The number of hydrogen-bond acceptors (Lipinski definition) is 7. The molecule has 9 rings (SSSR count). The third-order valence-corrected chi connectivity index (χ3v) is 16.3. The molecule has 2 spiro atoms. The number of rotatable bonds is 2. The zero-order valence-electron chi connectivity index (χ0n) is 27.6. The summed E-state index contributed by atoms with van der Waals surface area (Å²) in [7, 11) is 0. The van der Waals surface area contributed by atoms with Crippen LogP contribution in [0.3, 0.4) is 0 Å². The lowest BCUT2D eigenvalue weighted by molar-refractivity contribution is 0.326. The van der Waals surface area contributed by atoms with Gasteiger partial charge < -0.3 is 0 Å². The van der Waals surface area contributed by atoms with Crippen molar-refractivity contribution in [2.75, 3.05) is 0 Å². The second-order valence-electron chi connectivity index (χ2n) is 14.8. The third-order valence-electron chi connectivity index (χ3n) is 12.4. The Hall–Kier alpha value is -3.98. The normalized spacial score (nSPS) is 21.0. The zero-order chi connectivity index (χ0) is 33.3. The summed E-state index contributed by atoms with van der Waals surface area (Å²) in [6.45, 7) is 0. The van der Waals surface area contributed by atoms with Crippen LogP contribution in [0.5, 0.6) is 0 Å². The molecule has 4 nitrogen and oxygen atoms in total. The topological polar surface area (TPSA) is 95.2 Å². The van der Waals surface area contributed by atoms with Crippen molar-refractivity contribution < 1.29 is 0 Å². The summed E-state index contributed by atoms with van der Waals surface area (Å²) in [5.74, 6) is 0. The minimum Gasteiger partial charge on any atom is -0.192 e. The van der Waals surface area contributed by atoms with Crippen LogP contribution in [0.2, 0.25) is 0 Å². The summed E-state index contributed by atoms with van der Waals surface area (Å²) in [4.78, 5) is 8.68. The lowest BCUT2D eigenvalue weighted by atomic mass is 9.61. The summed E-state index contributed by atoms with van der Waals surface area (Å²) in [5.41, 5.74) is 11.6. The van der Waals surface area contributed by atoms with E-state index in [1.54, 1.807) is 22.3 Å². The molecule has 0 amide bonds. The maximum Gasteiger partial charge on any atom is 0.132 e. The fourth-order valence-electron chi connectivity index (χ4n) is 10.2. The molecule has 0 N–H and O–H groups in total. The van der Waals surface area contributed by atoms with Crippen molar-refractivity contribution in [2.24, 2.45) is 0 Å². The van der Waals surface area contributed by atoms with Crippen LogP contribution in [0.1, 0.15) is 135 Å². The van der Waals surface area contributed by atoms with Crippen LogP contribution in [-0.2, 0) is 10.8 Å². The SMILES string of the molecule is N#CC(C#N)=C1C=C(c2cc3c(s2)-c2sc4c(c2C32CCCCC2)C2(CCCCC2)c2cc(C3=CC(=C(C#N)C#N)CCC3)sc2-4)CCC1. The van der Waals surface area contributed by atoms with E-state index in [4.69, 9.17) is 0 Å². The monoisotopic (exact) mass is 692 g/mol. The number of hydrogen-bond donors (Lipinski definition) is 0. The molecule has 0 saturated heterocycles. The van der Waals surface area contributed by atoms with Gasteiger partial charge in [-0.2, -0.15) is 21.0 Å².